The Labute approximate surface area is 122 Å². The van der Waals surface area contributed by atoms with Gasteiger partial charge in [0.1, 0.15) is 5.76 Å². The molecule has 2 nitrogen and oxygen atoms in total. The minimum atomic E-state index is -0.245. The van der Waals surface area contributed by atoms with Gasteiger partial charge in [-0.05, 0) is 46.6 Å². The van der Waals surface area contributed by atoms with Crippen LogP contribution in [0.5, 0.6) is 0 Å². The Morgan fingerprint density at radius 3 is 2.40 bits per heavy atom. The molecule has 110 valence electrons. The molecule has 0 aromatic carbocycles. The van der Waals surface area contributed by atoms with Crippen molar-refractivity contribution in [2.75, 3.05) is 0 Å². The molecule has 1 unspecified atom stereocenters. The molecule has 0 heterocycles. The van der Waals surface area contributed by atoms with E-state index in [-0.39, 0.29) is 5.97 Å². The first-order valence-electron chi connectivity index (χ1n) is 7.18. The van der Waals surface area contributed by atoms with Gasteiger partial charge >= 0.3 is 5.97 Å². The highest BCUT2D eigenvalue weighted by molar-refractivity contribution is 5.68. The Balaban J connectivity index is 3.20. The standard InChI is InChI=1S/C18H26O2/c1-12(2)7-10-17(20-15(6)19)18-14(5)8-9-16(18)11-13(3)4/h7-8,11,16H,9-10H2,1-6H3/b18-17-. The molecule has 0 aliphatic heterocycles. The Kier molecular flexibility index (Phi) is 6.00. The van der Waals surface area contributed by atoms with E-state index in [0.717, 1.165) is 12.2 Å². The minimum Gasteiger partial charge on any atom is -0.431 e. The van der Waals surface area contributed by atoms with Crippen molar-refractivity contribution in [2.24, 2.45) is 5.92 Å². The van der Waals surface area contributed by atoms with Crippen molar-refractivity contribution in [2.45, 2.75) is 54.4 Å². The SMILES string of the molecule is CC(=O)O/C(CC=C(C)C)=C1/C(C)=CCC1C=C(C)C. The van der Waals surface area contributed by atoms with Gasteiger partial charge in [-0.25, -0.2) is 0 Å². The van der Waals surface area contributed by atoms with E-state index >= 15 is 0 Å². The van der Waals surface area contributed by atoms with Gasteiger partial charge < -0.3 is 4.74 Å². The zero-order valence-electron chi connectivity index (χ0n) is 13.5. The maximum atomic E-state index is 11.4. The summed E-state index contributed by atoms with van der Waals surface area (Å²) in [7, 11) is 0. The van der Waals surface area contributed by atoms with Gasteiger partial charge in [0.2, 0.25) is 0 Å². The van der Waals surface area contributed by atoms with Gasteiger partial charge in [-0.3, -0.25) is 4.79 Å². The number of allylic oxidation sites excluding steroid dienone is 7. The predicted molar refractivity (Wildman–Crippen MR) is 84.1 cm³/mol. The van der Waals surface area contributed by atoms with Crippen molar-refractivity contribution in [1.82, 2.24) is 0 Å². The molecule has 0 fully saturated rings. The topological polar surface area (TPSA) is 26.3 Å². The quantitative estimate of drug-likeness (QED) is 0.405. The van der Waals surface area contributed by atoms with Crippen LogP contribution in [0.15, 0.2) is 46.3 Å². The Bertz CT molecular complexity index is 494. The minimum absolute atomic E-state index is 0.245. The first-order valence-corrected chi connectivity index (χ1v) is 7.18. The fourth-order valence-electron chi connectivity index (χ4n) is 2.48. The molecule has 1 atom stereocenters. The Morgan fingerprint density at radius 1 is 1.25 bits per heavy atom. The van der Waals surface area contributed by atoms with Crippen LogP contribution in [-0.4, -0.2) is 5.97 Å². The van der Waals surface area contributed by atoms with Gasteiger partial charge in [0.05, 0.1) is 0 Å². The average Bonchev–Trinajstić information content (AvgIpc) is 2.64. The fourth-order valence-corrected chi connectivity index (χ4v) is 2.48. The number of carbonyl (C=O) groups is 1. The molecule has 0 saturated heterocycles. The molecule has 1 aliphatic carbocycles. The van der Waals surface area contributed by atoms with E-state index in [9.17, 15) is 4.79 Å². The highest BCUT2D eigenvalue weighted by Crippen LogP contribution is 2.36. The summed E-state index contributed by atoms with van der Waals surface area (Å²) < 4.78 is 5.49. The van der Waals surface area contributed by atoms with Crippen molar-refractivity contribution in [3.05, 3.63) is 46.3 Å². The summed E-state index contributed by atoms with van der Waals surface area (Å²) in [6, 6.07) is 0. The van der Waals surface area contributed by atoms with Crippen molar-refractivity contribution in [3.8, 4) is 0 Å². The lowest BCUT2D eigenvalue weighted by Crippen LogP contribution is -2.07. The van der Waals surface area contributed by atoms with E-state index in [1.54, 1.807) is 0 Å². The fraction of sp³-hybridized carbons (Fsp3) is 0.500. The molecule has 0 aromatic rings. The third-order valence-corrected chi connectivity index (χ3v) is 3.27. The smallest absolute Gasteiger partial charge is 0.307 e. The second-order valence-electron chi connectivity index (χ2n) is 5.89. The number of esters is 1. The molecule has 0 amide bonds. The van der Waals surface area contributed by atoms with E-state index in [1.165, 1.54) is 29.2 Å². The third-order valence-electron chi connectivity index (χ3n) is 3.27. The maximum absolute atomic E-state index is 11.4. The van der Waals surface area contributed by atoms with Crippen LogP contribution in [0.1, 0.15) is 54.4 Å². The second-order valence-corrected chi connectivity index (χ2v) is 5.89. The van der Waals surface area contributed by atoms with E-state index in [4.69, 9.17) is 4.74 Å². The van der Waals surface area contributed by atoms with E-state index in [2.05, 4.69) is 52.8 Å². The molecular formula is C18H26O2. The van der Waals surface area contributed by atoms with Crippen molar-refractivity contribution >= 4 is 5.97 Å². The molecule has 0 saturated carbocycles. The van der Waals surface area contributed by atoms with Crippen LogP contribution < -0.4 is 0 Å². The van der Waals surface area contributed by atoms with Crippen LogP contribution in [-0.2, 0) is 9.53 Å². The van der Waals surface area contributed by atoms with E-state index < -0.39 is 0 Å². The van der Waals surface area contributed by atoms with Crippen LogP contribution in [0, 0.1) is 5.92 Å². The third kappa shape index (κ3) is 4.84. The summed E-state index contributed by atoms with van der Waals surface area (Å²) in [5.74, 6) is 0.887. The lowest BCUT2D eigenvalue weighted by molar-refractivity contribution is -0.137. The molecule has 20 heavy (non-hydrogen) atoms. The lowest BCUT2D eigenvalue weighted by atomic mass is 9.94. The van der Waals surface area contributed by atoms with Crippen LogP contribution in [0.2, 0.25) is 0 Å². The number of rotatable bonds is 4. The summed E-state index contributed by atoms with van der Waals surface area (Å²) in [6.45, 7) is 11.9. The first kappa shape index (κ1) is 16.5. The molecule has 0 bridgehead atoms. The molecule has 0 N–H and O–H groups in total. The van der Waals surface area contributed by atoms with Gasteiger partial charge in [0.15, 0.2) is 0 Å². The highest BCUT2D eigenvalue weighted by atomic mass is 16.5. The summed E-state index contributed by atoms with van der Waals surface area (Å²) in [5, 5.41) is 0. The van der Waals surface area contributed by atoms with Crippen LogP contribution >= 0.6 is 0 Å². The summed E-state index contributed by atoms with van der Waals surface area (Å²) >= 11 is 0. The number of hydrogen-bond donors (Lipinski definition) is 0. The van der Waals surface area contributed by atoms with E-state index in [0.29, 0.717) is 12.3 Å². The van der Waals surface area contributed by atoms with Gasteiger partial charge in [0.25, 0.3) is 0 Å². The Hall–Kier alpha value is -1.57. The van der Waals surface area contributed by atoms with Gasteiger partial charge in [-0.1, -0.05) is 29.4 Å². The molecule has 0 radical (unpaired) electrons. The Morgan fingerprint density at radius 2 is 1.90 bits per heavy atom. The van der Waals surface area contributed by atoms with Crippen LogP contribution in [0.4, 0.5) is 0 Å². The molecule has 2 heteroatoms. The van der Waals surface area contributed by atoms with Crippen molar-refractivity contribution in [1.29, 1.82) is 0 Å². The molecule has 0 spiro atoms. The first-order chi connectivity index (χ1) is 9.31. The normalized spacial score (nSPS) is 20.1. The second kappa shape index (κ2) is 7.28. The molecule has 1 aliphatic rings. The van der Waals surface area contributed by atoms with Crippen LogP contribution in [0.3, 0.4) is 0 Å². The van der Waals surface area contributed by atoms with Gasteiger partial charge in [-0.2, -0.15) is 0 Å². The summed E-state index contributed by atoms with van der Waals surface area (Å²) in [5.41, 5.74) is 4.93. The van der Waals surface area contributed by atoms with E-state index in [1.807, 2.05) is 0 Å². The molecular weight excluding hydrogens is 248 g/mol. The van der Waals surface area contributed by atoms with Crippen LogP contribution in [0.25, 0.3) is 0 Å². The summed E-state index contributed by atoms with van der Waals surface area (Å²) in [4.78, 5) is 11.4. The monoisotopic (exact) mass is 274 g/mol. The summed E-state index contributed by atoms with van der Waals surface area (Å²) in [6.07, 6.45) is 8.26. The van der Waals surface area contributed by atoms with Gasteiger partial charge in [-0.15, -0.1) is 0 Å². The predicted octanol–water partition coefficient (Wildman–Crippen LogP) is 5.09. The zero-order chi connectivity index (χ0) is 15.3. The zero-order valence-corrected chi connectivity index (χ0v) is 13.5. The molecule has 1 rings (SSSR count). The van der Waals surface area contributed by atoms with Crippen molar-refractivity contribution < 1.29 is 9.53 Å². The highest BCUT2D eigenvalue weighted by Gasteiger charge is 2.24. The number of hydrogen-bond acceptors (Lipinski definition) is 2. The number of ether oxygens (including phenoxy) is 1. The average molecular weight is 274 g/mol. The lowest BCUT2D eigenvalue weighted by Gasteiger charge is -2.16. The molecule has 0 aromatic heterocycles. The van der Waals surface area contributed by atoms with Gasteiger partial charge in [0, 0.05) is 24.8 Å². The van der Waals surface area contributed by atoms with Crippen molar-refractivity contribution in [3.63, 3.8) is 0 Å². The number of carbonyl (C=O) groups excluding carboxylic acids is 1. The maximum Gasteiger partial charge on any atom is 0.307 e. The largest absolute Gasteiger partial charge is 0.431 e.